The molecule has 0 aliphatic heterocycles. The van der Waals surface area contributed by atoms with Crippen LogP contribution >= 0.6 is 0 Å². The first kappa shape index (κ1) is 14.7. The summed E-state index contributed by atoms with van der Waals surface area (Å²) < 4.78 is 19.5. The summed E-state index contributed by atoms with van der Waals surface area (Å²) in [7, 11) is 0. The largest absolute Gasteiger partial charge is 0.508 e. The smallest absolute Gasteiger partial charge is 0.432 e. The summed E-state index contributed by atoms with van der Waals surface area (Å²) in [5.74, 6) is 0. The summed E-state index contributed by atoms with van der Waals surface area (Å²) >= 11 is 0. The fraction of sp³-hybridized carbons (Fsp3) is 0.545. The molecular formula is C11H18O5. The van der Waals surface area contributed by atoms with Crippen LogP contribution in [0.15, 0.2) is 25.3 Å². The molecule has 0 saturated heterocycles. The molecule has 0 unspecified atom stereocenters. The lowest BCUT2D eigenvalue weighted by Crippen LogP contribution is -2.13. The maximum absolute atomic E-state index is 10.8. The topological polar surface area (TPSA) is 54.0 Å². The second kappa shape index (κ2) is 11.7. The molecule has 0 aliphatic rings. The van der Waals surface area contributed by atoms with E-state index in [9.17, 15) is 4.79 Å². The van der Waals surface area contributed by atoms with Crippen LogP contribution in [0.5, 0.6) is 0 Å². The number of carbonyl (C=O) groups excluding carboxylic acids is 1. The molecule has 0 heterocycles. The van der Waals surface area contributed by atoms with E-state index in [0.717, 1.165) is 0 Å². The second-order valence-corrected chi connectivity index (χ2v) is 2.67. The van der Waals surface area contributed by atoms with Gasteiger partial charge in [-0.25, -0.2) is 4.79 Å². The molecule has 0 saturated carbocycles. The Bertz CT molecular complexity index is 203. The molecule has 0 N–H and O–H groups in total. The van der Waals surface area contributed by atoms with Crippen molar-refractivity contribution in [3.8, 4) is 0 Å². The lowest BCUT2D eigenvalue weighted by molar-refractivity contribution is 0.0153. The standard InChI is InChI=1S/C11H18O5/c1-3-5-13-7-8-14-9-10-16-11(12)15-6-4-2/h3-4H,1-2,5-10H2. The van der Waals surface area contributed by atoms with E-state index >= 15 is 0 Å². The molecule has 0 bridgehead atoms. The molecule has 0 atom stereocenters. The Morgan fingerprint density at radius 1 is 0.875 bits per heavy atom. The predicted octanol–water partition coefficient (Wildman–Crippen LogP) is 1.54. The van der Waals surface area contributed by atoms with Gasteiger partial charge in [-0.05, 0) is 0 Å². The van der Waals surface area contributed by atoms with E-state index in [1.54, 1.807) is 6.08 Å². The highest BCUT2D eigenvalue weighted by atomic mass is 16.7. The minimum atomic E-state index is -0.716. The van der Waals surface area contributed by atoms with Gasteiger partial charge in [-0.2, -0.15) is 0 Å². The summed E-state index contributed by atoms with van der Waals surface area (Å²) in [5, 5.41) is 0. The number of rotatable bonds is 10. The third kappa shape index (κ3) is 10.7. The lowest BCUT2D eigenvalue weighted by Gasteiger charge is -2.05. The van der Waals surface area contributed by atoms with Crippen LogP contribution in [0.2, 0.25) is 0 Å². The quantitative estimate of drug-likeness (QED) is 0.324. The molecule has 0 fully saturated rings. The molecule has 0 rings (SSSR count). The normalized spacial score (nSPS) is 9.50. The van der Waals surface area contributed by atoms with Gasteiger partial charge >= 0.3 is 6.16 Å². The van der Waals surface area contributed by atoms with Crippen molar-refractivity contribution in [2.45, 2.75) is 0 Å². The molecule has 5 nitrogen and oxygen atoms in total. The van der Waals surface area contributed by atoms with Crippen molar-refractivity contribution < 1.29 is 23.7 Å². The number of carbonyl (C=O) groups is 1. The van der Waals surface area contributed by atoms with Gasteiger partial charge in [-0.15, -0.1) is 6.58 Å². The van der Waals surface area contributed by atoms with Gasteiger partial charge in [0, 0.05) is 0 Å². The minimum Gasteiger partial charge on any atom is -0.432 e. The number of ether oxygens (including phenoxy) is 4. The summed E-state index contributed by atoms with van der Waals surface area (Å²) in [4.78, 5) is 10.8. The molecule has 0 amide bonds. The fourth-order valence-corrected chi connectivity index (χ4v) is 0.739. The van der Waals surface area contributed by atoms with Crippen molar-refractivity contribution in [3.05, 3.63) is 25.3 Å². The van der Waals surface area contributed by atoms with Gasteiger partial charge in [-0.1, -0.05) is 18.7 Å². The van der Waals surface area contributed by atoms with E-state index in [4.69, 9.17) is 9.47 Å². The van der Waals surface area contributed by atoms with Gasteiger partial charge in [0.1, 0.15) is 13.2 Å². The van der Waals surface area contributed by atoms with Crippen LogP contribution in [0.25, 0.3) is 0 Å². The van der Waals surface area contributed by atoms with Crippen LogP contribution in [-0.2, 0) is 18.9 Å². The third-order valence-corrected chi connectivity index (χ3v) is 1.37. The molecule has 5 heteroatoms. The maximum Gasteiger partial charge on any atom is 0.508 e. The molecular weight excluding hydrogens is 212 g/mol. The predicted molar refractivity (Wildman–Crippen MR) is 59.3 cm³/mol. The van der Waals surface area contributed by atoms with Gasteiger partial charge in [0.25, 0.3) is 0 Å². The van der Waals surface area contributed by atoms with Gasteiger partial charge < -0.3 is 18.9 Å². The number of hydrogen-bond acceptors (Lipinski definition) is 5. The molecule has 16 heavy (non-hydrogen) atoms. The first-order valence-electron chi connectivity index (χ1n) is 4.98. The van der Waals surface area contributed by atoms with E-state index in [1.807, 2.05) is 0 Å². The Hall–Kier alpha value is -1.33. The molecule has 0 aliphatic carbocycles. The highest BCUT2D eigenvalue weighted by molar-refractivity contribution is 5.59. The second-order valence-electron chi connectivity index (χ2n) is 2.67. The van der Waals surface area contributed by atoms with Crippen LogP contribution in [0, 0.1) is 0 Å². The van der Waals surface area contributed by atoms with Crippen molar-refractivity contribution >= 4 is 6.16 Å². The van der Waals surface area contributed by atoms with Crippen molar-refractivity contribution in [1.82, 2.24) is 0 Å². The molecule has 0 spiro atoms. The molecule has 0 radical (unpaired) electrons. The fourth-order valence-electron chi connectivity index (χ4n) is 0.739. The van der Waals surface area contributed by atoms with Crippen molar-refractivity contribution in [2.75, 3.05) is 39.6 Å². The Balaban J connectivity index is 3.11. The van der Waals surface area contributed by atoms with Crippen molar-refractivity contribution in [3.63, 3.8) is 0 Å². The zero-order chi connectivity index (χ0) is 12.1. The van der Waals surface area contributed by atoms with E-state index in [-0.39, 0.29) is 13.2 Å². The highest BCUT2D eigenvalue weighted by Crippen LogP contribution is 1.86. The summed E-state index contributed by atoms with van der Waals surface area (Å²) in [6.45, 7) is 9.00. The van der Waals surface area contributed by atoms with Crippen LogP contribution in [0.4, 0.5) is 4.79 Å². The first-order chi connectivity index (χ1) is 7.81. The van der Waals surface area contributed by atoms with E-state index in [2.05, 4.69) is 22.6 Å². The van der Waals surface area contributed by atoms with Crippen LogP contribution in [0.3, 0.4) is 0 Å². The highest BCUT2D eigenvalue weighted by Gasteiger charge is 2.00. The Labute approximate surface area is 95.6 Å². The summed E-state index contributed by atoms with van der Waals surface area (Å²) in [6.07, 6.45) is 2.42. The Morgan fingerprint density at radius 3 is 2.19 bits per heavy atom. The Morgan fingerprint density at radius 2 is 1.50 bits per heavy atom. The maximum atomic E-state index is 10.8. The van der Waals surface area contributed by atoms with E-state index in [0.29, 0.717) is 26.4 Å². The summed E-state index contributed by atoms with van der Waals surface area (Å²) in [6, 6.07) is 0. The average molecular weight is 230 g/mol. The van der Waals surface area contributed by atoms with Gasteiger partial charge in [0.05, 0.1) is 26.4 Å². The van der Waals surface area contributed by atoms with Crippen LogP contribution < -0.4 is 0 Å². The van der Waals surface area contributed by atoms with Crippen molar-refractivity contribution in [2.24, 2.45) is 0 Å². The number of hydrogen-bond donors (Lipinski definition) is 0. The zero-order valence-electron chi connectivity index (χ0n) is 9.35. The van der Waals surface area contributed by atoms with Crippen LogP contribution in [-0.4, -0.2) is 45.8 Å². The Kier molecular flexibility index (Phi) is 10.8. The van der Waals surface area contributed by atoms with E-state index in [1.165, 1.54) is 6.08 Å². The zero-order valence-corrected chi connectivity index (χ0v) is 9.35. The summed E-state index contributed by atoms with van der Waals surface area (Å²) in [5.41, 5.74) is 0. The lowest BCUT2D eigenvalue weighted by atomic mass is 10.7. The van der Waals surface area contributed by atoms with Gasteiger partial charge in [0.2, 0.25) is 0 Å². The molecule has 0 aromatic rings. The van der Waals surface area contributed by atoms with Gasteiger partial charge in [-0.3, -0.25) is 0 Å². The van der Waals surface area contributed by atoms with Crippen molar-refractivity contribution in [1.29, 1.82) is 0 Å². The van der Waals surface area contributed by atoms with E-state index < -0.39 is 6.16 Å². The SMILES string of the molecule is C=CCOCCOCCOC(=O)OCC=C. The van der Waals surface area contributed by atoms with Crippen LogP contribution in [0.1, 0.15) is 0 Å². The van der Waals surface area contributed by atoms with Gasteiger partial charge in [0.15, 0.2) is 0 Å². The average Bonchev–Trinajstić information content (AvgIpc) is 2.30. The molecule has 92 valence electrons. The first-order valence-corrected chi connectivity index (χ1v) is 4.98. The minimum absolute atomic E-state index is 0.148. The monoisotopic (exact) mass is 230 g/mol. The molecule has 0 aromatic carbocycles. The third-order valence-electron chi connectivity index (χ3n) is 1.37. The molecule has 0 aromatic heterocycles.